The number of carbonyl (C=O) groups excluding carboxylic acids is 2. The number of nitrogens with one attached hydrogen (secondary N) is 2. The van der Waals surface area contributed by atoms with Crippen LogP contribution in [0.3, 0.4) is 0 Å². The summed E-state index contributed by atoms with van der Waals surface area (Å²) >= 11 is 0. The predicted octanol–water partition coefficient (Wildman–Crippen LogP) is 3.02. The van der Waals surface area contributed by atoms with Gasteiger partial charge >= 0.3 is 5.97 Å². The SMILES string of the molecule is CC(=O)NC12C[C@H]3C[C@@H](C1)CC(C(=O)OCc1nc(N)nc(Nc4ccc(C)cc4)n1)(C3)C2. The molecule has 0 aliphatic heterocycles. The molecule has 9 nitrogen and oxygen atoms in total. The lowest BCUT2D eigenvalue weighted by Gasteiger charge is -2.60. The fourth-order valence-electron chi connectivity index (χ4n) is 6.63. The Balaban J connectivity index is 1.29. The highest BCUT2D eigenvalue weighted by molar-refractivity contribution is 5.79. The fourth-order valence-corrected chi connectivity index (χ4v) is 6.63. The molecule has 0 spiro atoms. The van der Waals surface area contributed by atoms with Gasteiger partial charge in [-0.2, -0.15) is 15.0 Å². The van der Waals surface area contributed by atoms with Gasteiger partial charge in [-0.3, -0.25) is 9.59 Å². The second-order valence-electron chi connectivity index (χ2n) is 10.2. The van der Waals surface area contributed by atoms with Gasteiger partial charge in [0.2, 0.25) is 17.8 Å². The van der Waals surface area contributed by atoms with Gasteiger partial charge in [-0.25, -0.2) is 0 Å². The second kappa shape index (κ2) is 7.97. The molecule has 1 amide bonds. The van der Waals surface area contributed by atoms with Crippen molar-refractivity contribution < 1.29 is 14.3 Å². The van der Waals surface area contributed by atoms with E-state index in [9.17, 15) is 9.59 Å². The molecule has 0 saturated heterocycles. The Morgan fingerprint density at radius 3 is 2.45 bits per heavy atom. The number of ether oxygens (including phenoxy) is 1. The Bertz CT molecular complexity index is 1070. The molecule has 4 N–H and O–H groups in total. The van der Waals surface area contributed by atoms with Crippen LogP contribution >= 0.6 is 0 Å². The molecule has 4 atom stereocenters. The number of aryl methyl sites for hydroxylation is 1. The van der Waals surface area contributed by atoms with Crippen molar-refractivity contribution in [3.8, 4) is 0 Å². The van der Waals surface area contributed by atoms with Crippen molar-refractivity contribution in [3.05, 3.63) is 35.7 Å². The van der Waals surface area contributed by atoms with Crippen molar-refractivity contribution in [2.45, 2.75) is 64.5 Å². The molecular formula is C24H30N6O3. The maximum absolute atomic E-state index is 13.3. The number of nitrogens with zero attached hydrogens (tertiary/aromatic N) is 3. The maximum Gasteiger partial charge on any atom is 0.312 e. The van der Waals surface area contributed by atoms with E-state index in [1.165, 1.54) is 0 Å². The number of hydrogen-bond acceptors (Lipinski definition) is 8. The molecule has 2 aromatic rings. The summed E-state index contributed by atoms with van der Waals surface area (Å²) < 4.78 is 5.75. The summed E-state index contributed by atoms with van der Waals surface area (Å²) in [5.74, 6) is 1.30. The first-order chi connectivity index (χ1) is 15.7. The largest absolute Gasteiger partial charge is 0.457 e. The van der Waals surface area contributed by atoms with Gasteiger partial charge in [-0.05, 0) is 69.4 Å². The van der Waals surface area contributed by atoms with Gasteiger partial charge in [0.15, 0.2) is 12.4 Å². The van der Waals surface area contributed by atoms with Crippen LogP contribution in [0.4, 0.5) is 17.6 Å². The van der Waals surface area contributed by atoms with Gasteiger partial charge in [0.05, 0.1) is 5.41 Å². The predicted molar refractivity (Wildman–Crippen MR) is 122 cm³/mol. The smallest absolute Gasteiger partial charge is 0.312 e. The third kappa shape index (κ3) is 4.36. The van der Waals surface area contributed by atoms with E-state index in [0.29, 0.717) is 30.0 Å². The molecule has 1 aromatic carbocycles. The van der Waals surface area contributed by atoms with Crippen LogP contribution in [0.5, 0.6) is 0 Å². The lowest BCUT2D eigenvalue weighted by Crippen LogP contribution is -2.64. The molecule has 9 heteroatoms. The van der Waals surface area contributed by atoms with Gasteiger partial charge in [0.1, 0.15) is 0 Å². The second-order valence-corrected chi connectivity index (χ2v) is 10.2. The first-order valence-electron chi connectivity index (χ1n) is 11.5. The van der Waals surface area contributed by atoms with Crippen molar-refractivity contribution in [1.82, 2.24) is 20.3 Å². The minimum absolute atomic E-state index is 0.0327. The molecule has 33 heavy (non-hydrogen) atoms. The lowest BCUT2D eigenvalue weighted by atomic mass is 9.47. The summed E-state index contributed by atoms with van der Waals surface area (Å²) in [7, 11) is 0. The number of carbonyl (C=O) groups is 2. The number of aromatic nitrogens is 3. The summed E-state index contributed by atoms with van der Waals surface area (Å²) in [5.41, 5.74) is 7.01. The normalized spacial score (nSPS) is 29.5. The fraction of sp³-hybridized carbons (Fsp3) is 0.542. The molecule has 4 aliphatic rings. The summed E-state index contributed by atoms with van der Waals surface area (Å²) in [4.78, 5) is 37.8. The van der Waals surface area contributed by atoms with Crippen LogP contribution in [0.1, 0.15) is 56.8 Å². The zero-order valence-electron chi connectivity index (χ0n) is 19.1. The van der Waals surface area contributed by atoms with Crippen LogP contribution in [-0.4, -0.2) is 32.4 Å². The van der Waals surface area contributed by atoms with E-state index in [2.05, 4.69) is 25.6 Å². The summed E-state index contributed by atoms with van der Waals surface area (Å²) in [6.07, 6.45) is 5.33. The van der Waals surface area contributed by atoms with Crippen LogP contribution in [0.25, 0.3) is 0 Å². The molecule has 174 valence electrons. The number of esters is 1. The van der Waals surface area contributed by atoms with Crippen LogP contribution in [-0.2, 0) is 20.9 Å². The summed E-state index contributed by atoms with van der Waals surface area (Å²) in [6.45, 7) is 3.49. The molecular weight excluding hydrogens is 420 g/mol. The Morgan fingerprint density at radius 1 is 1.09 bits per heavy atom. The van der Waals surface area contributed by atoms with E-state index in [4.69, 9.17) is 10.5 Å². The molecule has 4 saturated carbocycles. The quantitative estimate of drug-likeness (QED) is 0.572. The van der Waals surface area contributed by atoms with Gasteiger partial charge in [-0.1, -0.05) is 17.7 Å². The molecule has 4 fully saturated rings. The Morgan fingerprint density at radius 2 is 1.79 bits per heavy atom. The highest BCUT2D eigenvalue weighted by Crippen LogP contribution is 2.62. The Hall–Kier alpha value is -3.23. The minimum Gasteiger partial charge on any atom is -0.457 e. The molecule has 4 bridgehead atoms. The average Bonchev–Trinajstić information content (AvgIpc) is 2.71. The minimum atomic E-state index is -0.548. The number of nitrogen functional groups attached to an aromatic ring is 1. The Kier molecular flexibility index (Phi) is 5.22. The number of amides is 1. The van der Waals surface area contributed by atoms with Gasteiger partial charge in [0, 0.05) is 18.2 Å². The Labute approximate surface area is 192 Å². The zero-order valence-corrected chi connectivity index (χ0v) is 19.1. The van der Waals surface area contributed by atoms with Crippen molar-refractivity contribution in [2.24, 2.45) is 17.3 Å². The van der Waals surface area contributed by atoms with E-state index in [0.717, 1.165) is 43.4 Å². The molecule has 2 unspecified atom stereocenters. The van der Waals surface area contributed by atoms with Crippen molar-refractivity contribution >= 4 is 29.5 Å². The van der Waals surface area contributed by atoms with Crippen LogP contribution < -0.4 is 16.4 Å². The van der Waals surface area contributed by atoms with Crippen LogP contribution in [0.2, 0.25) is 0 Å². The number of rotatable bonds is 6. The van der Waals surface area contributed by atoms with E-state index >= 15 is 0 Å². The number of hydrogen-bond donors (Lipinski definition) is 3. The molecule has 6 rings (SSSR count). The van der Waals surface area contributed by atoms with E-state index in [1.54, 1.807) is 6.92 Å². The van der Waals surface area contributed by atoms with Gasteiger partial charge in [-0.15, -0.1) is 0 Å². The third-order valence-electron chi connectivity index (χ3n) is 7.27. The monoisotopic (exact) mass is 450 g/mol. The topological polar surface area (TPSA) is 132 Å². The van der Waals surface area contributed by atoms with Crippen molar-refractivity contribution in [2.75, 3.05) is 11.1 Å². The first-order valence-corrected chi connectivity index (χ1v) is 11.5. The highest BCUT2D eigenvalue weighted by atomic mass is 16.5. The first kappa shape index (κ1) is 21.6. The van der Waals surface area contributed by atoms with E-state index < -0.39 is 5.41 Å². The highest BCUT2D eigenvalue weighted by Gasteiger charge is 2.61. The molecule has 4 aliphatic carbocycles. The van der Waals surface area contributed by atoms with Crippen LogP contribution in [0.15, 0.2) is 24.3 Å². The summed E-state index contributed by atoms with van der Waals surface area (Å²) in [5, 5.41) is 6.29. The average molecular weight is 451 g/mol. The maximum atomic E-state index is 13.3. The summed E-state index contributed by atoms with van der Waals surface area (Å²) in [6, 6.07) is 7.81. The standard InChI is InChI=1S/C24H30N6O3/c1-14-3-5-18(6-4-14)26-22-28-19(27-21(25)29-22)12-33-20(32)23-8-16-7-17(9-23)11-24(10-16,13-23)30-15(2)31/h3-6,16-17H,7-13H2,1-2H3,(H,30,31)(H3,25,26,27,28,29)/t16-,17+,23?,24?. The molecule has 1 aromatic heterocycles. The van der Waals surface area contributed by atoms with Gasteiger partial charge < -0.3 is 21.1 Å². The molecule has 0 radical (unpaired) electrons. The molecule has 1 heterocycles. The van der Waals surface area contributed by atoms with Gasteiger partial charge in [0.25, 0.3) is 0 Å². The zero-order chi connectivity index (χ0) is 23.2. The van der Waals surface area contributed by atoms with Crippen molar-refractivity contribution in [1.29, 1.82) is 0 Å². The third-order valence-corrected chi connectivity index (χ3v) is 7.27. The number of nitrogens with two attached hydrogens (primary N) is 1. The number of anilines is 3. The van der Waals surface area contributed by atoms with Crippen LogP contribution in [0, 0.1) is 24.2 Å². The lowest BCUT2D eigenvalue weighted by molar-refractivity contribution is -0.177. The number of benzene rings is 1. The van der Waals surface area contributed by atoms with Crippen molar-refractivity contribution in [3.63, 3.8) is 0 Å². The van der Waals surface area contributed by atoms with E-state index in [1.807, 2.05) is 31.2 Å². The van der Waals surface area contributed by atoms with E-state index in [-0.39, 0.29) is 30.0 Å².